The van der Waals surface area contributed by atoms with Gasteiger partial charge >= 0.3 is 0 Å². The summed E-state index contributed by atoms with van der Waals surface area (Å²) >= 11 is 0. The number of hydrogen-bond acceptors (Lipinski definition) is 4. The van der Waals surface area contributed by atoms with E-state index in [1.165, 1.54) is 9.21 Å². The summed E-state index contributed by atoms with van der Waals surface area (Å²) in [5.74, 6) is -0.786. The molecule has 242 valence electrons. The molecule has 0 aliphatic heterocycles. The average molecular weight is 640 g/mol. The Kier molecular flexibility index (Phi) is 11.1. The van der Waals surface area contributed by atoms with Crippen LogP contribution in [0.3, 0.4) is 0 Å². The summed E-state index contributed by atoms with van der Waals surface area (Å²) in [6, 6.07) is 30.3. The second-order valence-corrected chi connectivity index (χ2v) is 14.6. The van der Waals surface area contributed by atoms with Gasteiger partial charge in [0.05, 0.1) is 10.6 Å². The lowest BCUT2D eigenvalue weighted by molar-refractivity contribution is -0.140. The van der Waals surface area contributed by atoms with Gasteiger partial charge in [0.1, 0.15) is 12.6 Å². The number of benzene rings is 4. The summed E-state index contributed by atoms with van der Waals surface area (Å²) in [5, 5.41) is 3.07. The van der Waals surface area contributed by atoms with Crippen molar-refractivity contribution in [3.05, 3.63) is 131 Å². The van der Waals surface area contributed by atoms with Crippen LogP contribution < -0.4 is 9.62 Å². The van der Waals surface area contributed by atoms with Crippen LogP contribution in [0.4, 0.5) is 5.69 Å². The molecular weight excluding hydrogens is 595 g/mol. The molecule has 0 fully saturated rings. The zero-order valence-electron chi connectivity index (χ0n) is 27.7. The van der Waals surface area contributed by atoms with Crippen molar-refractivity contribution in [2.45, 2.75) is 77.4 Å². The molecule has 2 amide bonds. The lowest BCUT2D eigenvalue weighted by atomic mass is 10.0. The summed E-state index contributed by atoms with van der Waals surface area (Å²) in [4.78, 5) is 30.3. The Labute approximate surface area is 274 Å². The van der Waals surface area contributed by atoms with E-state index in [0.29, 0.717) is 12.1 Å². The van der Waals surface area contributed by atoms with E-state index in [-0.39, 0.29) is 23.8 Å². The summed E-state index contributed by atoms with van der Waals surface area (Å²) < 4.78 is 29.8. The third-order valence-corrected chi connectivity index (χ3v) is 9.55. The summed E-state index contributed by atoms with van der Waals surface area (Å²) in [6.07, 6.45) is 0.832. The van der Waals surface area contributed by atoms with E-state index < -0.39 is 34.1 Å². The van der Waals surface area contributed by atoms with Crippen LogP contribution in [0, 0.1) is 13.8 Å². The smallest absolute Gasteiger partial charge is 0.264 e. The van der Waals surface area contributed by atoms with Gasteiger partial charge in [0.25, 0.3) is 10.0 Å². The van der Waals surface area contributed by atoms with Crippen molar-refractivity contribution in [1.29, 1.82) is 0 Å². The second kappa shape index (κ2) is 14.8. The van der Waals surface area contributed by atoms with Gasteiger partial charge in [-0.25, -0.2) is 8.42 Å². The van der Waals surface area contributed by atoms with Crippen molar-refractivity contribution in [2.24, 2.45) is 0 Å². The van der Waals surface area contributed by atoms with Gasteiger partial charge in [-0.05, 0) is 75.9 Å². The number of para-hydroxylation sites is 1. The molecule has 0 aliphatic carbocycles. The van der Waals surface area contributed by atoms with Crippen molar-refractivity contribution in [3.63, 3.8) is 0 Å². The number of sulfonamides is 1. The van der Waals surface area contributed by atoms with E-state index in [9.17, 15) is 18.0 Å². The fourth-order valence-electron chi connectivity index (χ4n) is 5.30. The molecule has 0 unspecified atom stereocenters. The molecule has 0 bridgehead atoms. The van der Waals surface area contributed by atoms with E-state index >= 15 is 0 Å². The maximum absolute atomic E-state index is 14.7. The lowest BCUT2D eigenvalue weighted by Crippen LogP contribution is -2.56. The van der Waals surface area contributed by atoms with Gasteiger partial charge in [0.15, 0.2) is 0 Å². The van der Waals surface area contributed by atoms with Gasteiger partial charge < -0.3 is 10.2 Å². The van der Waals surface area contributed by atoms with Crippen LogP contribution in [-0.2, 0) is 39.0 Å². The first kappa shape index (κ1) is 34.4. The largest absolute Gasteiger partial charge is 0.350 e. The Hall–Kier alpha value is -4.43. The Morgan fingerprint density at radius 2 is 1.33 bits per heavy atom. The number of carbonyl (C=O) groups is 2. The molecule has 1 N–H and O–H groups in total. The molecule has 4 rings (SSSR count). The Morgan fingerprint density at radius 3 is 1.91 bits per heavy atom. The predicted octanol–water partition coefficient (Wildman–Crippen LogP) is 6.62. The molecule has 0 saturated carbocycles. The molecule has 4 aromatic rings. The number of nitrogens with zero attached hydrogens (tertiary/aromatic N) is 2. The molecule has 0 aliphatic rings. The van der Waals surface area contributed by atoms with Crippen LogP contribution in [0.1, 0.15) is 55.5 Å². The van der Waals surface area contributed by atoms with Crippen LogP contribution in [0.15, 0.2) is 108 Å². The van der Waals surface area contributed by atoms with Crippen molar-refractivity contribution < 1.29 is 18.0 Å². The van der Waals surface area contributed by atoms with Crippen molar-refractivity contribution >= 4 is 27.5 Å². The molecule has 7 nitrogen and oxygen atoms in total. The molecule has 4 aromatic carbocycles. The topological polar surface area (TPSA) is 86.8 Å². The lowest BCUT2D eigenvalue weighted by Gasteiger charge is -2.35. The highest BCUT2D eigenvalue weighted by atomic mass is 32.2. The first-order chi connectivity index (χ1) is 21.8. The normalized spacial score (nSPS) is 12.3. The minimum Gasteiger partial charge on any atom is -0.350 e. The van der Waals surface area contributed by atoms with E-state index in [2.05, 4.69) is 5.32 Å². The van der Waals surface area contributed by atoms with Crippen LogP contribution in [0.5, 0.6) is 0 Å². The van der Waals surface area contributed by atoms with Gasteiger partial charge in [0, 0.05) is 18.5 Å². The Balaban J connectivity index is 1.84. The van der Waals surface area contributed by atoms with E-state index in [1.807, 2.05) is 108 Å². The number of rotatable bonds is 12. The quantitative estimate of drug-likeness (QED) is 0.189. The van der Waals surface area contributed by atoms with Gasteiger partial charge in [-0.15, -0.1) is 0 Å². The molecule has 0 spiro atoms. The molecule has 46 heavy (non-hydrogen) atoms. The van der Waals surface area contributed by atoms with Crippen LogP contribution in [0.2, 0.25) is 0 Å². The maximum atomic E-state index is 14.7. The van der Waals surface area contributed by atoms with Crippen molar-refractivity contribution in [2.75, 3.05) is 10.8 Å². The SMILES string of the molecule is CCc1ccccc1N(CC(=O)N(Cc1ccc(C)cc1)[C@H](Cc1ccccc1)C(=O)NC(C)(C)C)S(=O)(=O)c1ccc(C)cc1. The standard InChI is InChI=1S/C38H45N3O4S/c1-7-32-15-11-12-16-34(32)41(46(44,45)33-23-19-29(3)20-24-33)27-36(42)40(26-31-21-17-28(2)18-22-31)35(37(43)39-38(4,5)6)25-30-13-9-8-10-14-30/h8-24,35H,7,25-27H2,1-6H3,(H,39,43)/t35-/m1/s1. The van der Waals surface area contributed by atoms with Crippen LogP contribution >= 0.6 is 0 Å². The molecule has 8 heteroatoms. The number of nitrogens with one attached hydrogen (secondary N) is 1. The number of amides is 2. The van der Waals surface area contributed by atoms with E-state index in [1.54, 1.807) is 36.4 Å². The highest BCUT2D eigenvalue weighted by molar-refractivity contribution is 7.92. The third kappa shape index (κ3) is 8.85. The Bertz CT molecular complexity index is 1730. The minimum atomic E-state index is -4.16. The monoisotopic (exact) mass is 639 g/mol. The van der Waals surface area contributed by atoms with Crippen LogP contribution in [-0.4, -0.2) is 43.3 Å². The molecule has 1 atom stereocenters. The molecular formula is C38H45N3O4S. The fraction of sp³-hybridized carbons (Fsp3) is 0.316. The van der Waals surface area contributed by atoms with Crippen LogP contribution in [0.25, 0.3) is 0 Å². The zero-order chi connectivity index (χ0) is 33.5. The van der Waals surface area contributed by atoms with E-state index in [4.69, 9.17) is 0 Å². The molecule has 0 saturated heterocycles. The van der Waals surface area contributed by atoms with Gasteiger partial charge in [-0.1, -0.05) is 103 Å². The second-order valence-electron chi connectivity index (χ2n) is 12.8. The predicted molar refractivity (Wildman–Crippen MR) is 185 cm³/mol. The first-order valence-corrected chi connectivity index (χ1v) is 17.1. The molecule has 0 heterocycles. The summed E-state index contributed by atoms with van der Waals surface area (Å²) in [6.45, 7) is 11.2. The van der Waals surface area contributed by atoms with Gasteiger partial charge in [0.2, 0.25) is 11.8 Å². The van der Waals surface area contributed by atoms with Gasteiger partial charge in [-0.2, -0.15) is 0 Å². The summed E-state index contributed by atoms with van der Waals surface area (Å²) in [7, 11) is -4.16. The molecule has 0 radical (unpaired) electrons. The number of aryl methyl sites for hydroxylation is 3. The number of carbonyl (C=O) groups excluding carboxylic acids is 2. The highest BCUT2D eigenvalue weighted by Crippen LogP contribution is 2.29. The zero-order valence-corrected chi connectivity index (χ0v) is 28.5. The first-order valence-electron chi connectivity index (χ1n) is 15.7. The third-order valence-electron chi connectivity index (χ3n) is 7.77. The van der Waals surface area contributed by atoms with E-state index in [0.717, 1.165) is 27.8 Å². The fourth-order valence-corrected chi connectivity index (χ4v) is 6.75. The summed E-state index contributed by atoms with van der Waals surface area (Å²) in [5.41, 5.74) is 4.40. The minimum absolute atomic E-state index is 0.0909. The Morgan fingerprint density at radius 1 is 0.761 bits per heavy atom. The maximum Gasteiger partial charge on any atom is 0.264 e. The number of anilines is 1. The van der Waals surface area contributed by atoms with Crippen molar-refractivity contribution in [1.82, 2.24) is 10.2 Å². The molecule has 0 aromatic heterocycles. The number of hydrogen-bond donors (Lipinski definition) is 1. The average Bonchev–Trinajstić information content (AvgIpc) is 3.02. The van der Waals surface area contributed by atoms with Crippen molar-refractivity contribution in [3.8, 4) is 0 Å². The highest BCUT2D eigenvalue weighted by Gasteiger charge is 2.36. The van der Waals surface area contributed by atoms with Gasteiger partial charge in [-0.3, -0.25) is 13.9 Å².